The van der Waals surface area contributed by atoms with Gasteiger partial charge in [0.15, 0.2) is 5.82 Å². The summed E-state index contributed by atoms with van der Waals surface area (Å²) in [6.07, 6.45) is 1.58. The van der Waals surface area contributed by atoms with Gasteiger partial charge in [-0.1, -0.05) is 11.6 Å². The summed E-state index contributed by atoms with van der Waals surface area (Å²) in [6.45, 7) is 0. The number of nitrogens with zero attached hydrogens (tertiary/aromatic N) is 1. The smallest absolute Gasteiger partial charge is 0.266 e. The summed E-state index contributed by atoms with van der Waals surface area (Å²) >= 11 is 7.37. The van der Waals surface area contributed by atoms with E-state index >= 15 is 0 Å². The van der Waals surface area contributed by atoms with Gasteiger partial charge in [0.05, 0.1) is 9.90 Å². The van der Waals surface area contributed by atoms with Crippen LogP contribution in [0.2, 0.25) is 5.02 Å². The maximum Gasteiger partial charge on any atom is 0.266 e. The molecule has 20 heavy (non-hydrogen) atoms. The Balaban J connectivity index is 1.91. The molecule has 0 radical (unpaired) electrons. The number of hydrogen-bond acceptors (Lipinski definition) is 4. The second kappa shape index (κ2) is 5.11. The normalized spacial score (nSPS) is 10.7. The molecule has 3 rings (SSSR count). The molecular formula is C14H10ClN3OS. The summed E-state index contributed by atoms with van der Waals surface area (Å²) in [6, 6.07) is 10.8. The Morgan fingerprint density at radius 3 is 2.95 bits per heavy atom. The van der Waals surface area contributed by atoms with Crippen molar-refractivity contribution in [3.05, 3.63) is 52.5 Å². The first-order valence-corrected chi connectivity index (χ1v) is 7.04. The predicted molar refractivity (Wildman–Crippen MR) is 83.4 cm³/mol. The van der Waals surface area contributed by atoms with Crippen LogP contribution in [0.4, 0.5) is 11.5 Å². The number of halogens is 1. The second-order valence-electron chi connectivity index (χ2n) is 4.20. The van der Waals surface area contributed by atoms with Crippen LogP contribution in [0.25, 0.3) is 10.1 Å². The summed E-state index contributed by atoms with van der Waals surface area (Å²) in [4.78, 5) is 16.8. The number of rotatable bonds is 2. The van der Waals surface area contributed by atoms with Crippen molar-refractivity contribution in [3.63, 3.8) is 0 Å². The van der Waals surface area contributed by atoms with Gasteiger partial charge in [-0.25, -0.2) is 4.98 Å². The van der Waals surface area contributed by atoms with E-state index in [0.29, 0.717) is 21.4 Å². The van der Waals surface area contributed by atoms with Gasteiger partial charge < -0.3 is 11.1 Å². The standard InChI is InChI=1S/C14H10ClN3OS/c15-10-2-1-5-17-13(10)18-14(19)12-7-8-6-9(16)3-4-11(8)20-12/h1-7H,16H2,(H,17,18,19). The molecule has 0 saturated carbocycles. The van der Waals surface area contributed by atoms with Gasteiger partial charge in [0.1, 0.15) is 0 Å². The summed E-state index contributed by atoms with van der Waals surface area (Å²) in [5.74, 6) is 0.126. The van der Waals surface area contributed by atoms with Crippen LogP contribution in [-0.4, -0.2) is 10.9 Å². The van der Waals surface area contributed by atoms with E-state index in [4.69, 9.17) is 17.3 Å². The van der Waals surface area contributed by atoms with Crippen LogP contribution < -0.4 is 11.1 Å². The van der Waals surface area contributed by atoms with Gasteiger partial charge >= 0.3 is 0 Å². The molecule has 1 aromatic carbocycles. The number of nitrogen functional groups attached to an aromatic ring is 1. The number of aromatic nitrogens is 1. The van der Waals surface area contributed by atoms with E-state index in [1.807, 2.05) is 24.3 Å². The van der Waals surface area contributed by atoms with Gasteiger partial charge in [0, 0.05) is 16.6 Å². The monoisotopic (exact) mass is 303 g/mol. The lowest BCUT2D eigenvalue weighted by atomic mass is 10.2. The van der Waals surface area contributed by atoms with Crippen molar-refractivity contribution in [1.82, 2.24) is 4.98 Å². The number of benzene rings is 1. The minimum Gasteiger partial charge on any atom is -0.399 e. The highest BCUT2D eigenvalue weighted by molar-refractivity contribution is 7.20. The van der Waals surface area contributed by atoms with Gasteiger partial charge in [-0.15, -0.1) is 11.3 Å². The largest absolute Gasteiger partial charge is 0.399 e. The minimum atomic E-state index is -0.231. The molecule has 0 aliphatic heterocycles. The summed E-state index contributed by atoms with van der Waals surface area (Å²) < 4.78 is 1.01. The average Bonchev–Trinajstić information content (AvgIpc) is 2.84. The SMILES string of the molecule is Nc1ccc2sc(C(=O)Nc3ncccc3Cl)cc2c1. The molecule has 0 atom stereocenters. The summed E-state index contributed by atoms with van der Waals surface area (Å²) in [7, 11) is 0. The molecule has 0 spiro atoms. The van der Waals surface area contributed by atoms with Crippen LogP contribution in [0.1, 0.15) is 9.67 Å². The molecule has 6 heteroatoms. The molecule has 3 aromatic rings. The number of amides is 1. The molecule has 2 heterocycles. The van der Waals surface area contributed by atoms with Crippen molar-refractivity contribution in [3.8, 4) is 0 Å². The third-order valence-electron chi connectivity index (χ3n) is 2.75. The third kappa shape index (κ3) is 2.45. The molecule has 0 saturated heterocycles. The first kappa shape index (κ1) is 12.9. The number of anilines is 2. The number of nitrogens with one attached hydrogen (secondary N) is 1. The molecule has 0 fully saturated rings. The number of pyridine rings is 1. The van der Waals surface area contributed by atoms with Gasteiger partial charge in [-0.2, -0.15) is 0 Å². The molecule has 0 unspecified atom stereocenters. The van der Waals surface area contributed by atoms with Crippen molar-refractivity contribution in [1.29, 1.82) is 0 Å². The predicted octanol–water partition coefficient (Wildman–Crippen LogP) is 3.78. The second-order valence-corrected chi connectivity index (χ2v) is 5.69. The van der Waals surface area contributed by atoms with E-state index in [1.165, 1.54) is 11.3 Å². The van der Waals surface area contributed by atoms with Crippen molar-refractivity contribution in [2.24, 2.45) is 0 Å². The maximum atomic E-state index is 12.2. The van der Waals surface area contributed by atoms with Gasteiger partial charge in [0.2, 0.25) is 0 Å². The number of nitrogens with two attached hydrogens (primary N) is 1. The Bertz CT molecular complexity index is 800. The Labute approximate surface area is 124 Å². The maximum absolute atomic E-state index is 12.2. The molecule has 0 aliphatic rings. The highest BCUT2D eigenvalue weighted by Gasteiger charge is 2.12. The van der Waals surface area contributed by atoms with E-state index < -0.39 is 0 Å². The van der Waals surface area contributed by atoms with Gasteiger partial charge in [-0.05, 0) is 41.8 Å². The summed E-state index contributed by atoms with van der Waals surface area (Å²) in [5.41, 5.74) is 6.41. The fraction of sp³-hybridized carbons (Fsp3) is 0. The van der Waals surface area contributed by atoms with Crippen molar-refractivity contribution in [2.75, 3.05) is 11.1 Å². The first-order valence-electron chi connectivity index (χ1n) is 5.84. The third-order valence-corrected chi connectivity index (χ3v) is 4.17. The van der Waals surface area contributed by atoms with Crippen LogP contribution in [0.15, 0.2) is 42.6 Å². The Hall–Kier alpha value is -2.11. The van der Waals surface area contributed by atoms with E-state index in [-0.39, 0.29) is 5.91 Å². The van der Waals surface area contributed by atoms with Gasteiger partial charge in [0.25, 0.3) is 5.91 Å². The molecule has 0 bridgehead atoms. The molecule has 0 aliphatic carbocycles. The quantitative estimate of drug-likeness (QED) is 0.708. The van der Waals surface area contributed by atoms with Crippen LogP contribution >= 0.6 is 22.9 Å². The Morgan fingerprint density at radius 2 is 2.15 bits per heavy atom. The number of thiophene rings is 1. The van der Waals surface area contributed by atoms with Crippen molar-refractivity contribution < 1.29 is 4.79 Å². The molecular weight excluding hydrogens is 294 g/mol. The molecule has 3 N–H and O–H groups in total. The van der Waals surface area contributed by atoms with Crippen LogP contribution in [0.5, 0.6) is 0 Å². The lowest BCUT2D eigenvalue weighted by Crippen LogP contribution is -2.11. The zero-order chi connectivity index (χ0) is 14.1. The average molecular weight is 304 g/mol. The lowest BCUT2D eigenvalue weighted by Gasteiger charge is -2.03. The first-order chi connectivity index (χ1) is 9.63. The zero-order valence-corrected chi connectivity index (χ0v) is 11.8. The Kier molecular flexibility index (Phi) is 3.30. The zero-order valence-electron chi connectivity index (χ0n) is 10.3. The van der Waals surface area contributed by atoms with E-state index in [0.717, 1.165) is 10.1 Å². The highest BCUT2D eigenvalue weighted by atomic mass is 35.5. The van der Waals surface area contributed by atoms with Crippen molar-refractivity contribution in [2.45, 2.75) is 0 Å². The minimum absolute atomic E-state index is 0.231. The fourth-order valence-corrected chi connectivity index (χ4v) is 2.93. The van der Waals surface area contributed by atoms with Crippen molar-refractivity contribution >= 4 is 50.4 Å². The van der Waals surface area contributed by atoms with Crippen LogP contribution in [0, 0.1) is 0 Å². The van der Waals surface area contributed by atoms with Crippen LogP contribution in [0.3, 0.4) is 0 Å². The fourth-order valence-electron chi connectivity index (χ4n) is 1.82. The molecule has 100 valence electrons. The topological polar surface area (TPSA) is 68.0 Å². The highest BCUT2D eigenvalue weighted by Crippen LogP contribution is 2.28. The number of fused-ring (bicyclic) bond motifs is 1. The lowest BCUT2D eigenvalue weighted by molar-refractivity contribution is 0.103. The molecule has 4 nitrogen and oxygen atoms in total. The molecule has 2 aromatic heterocycles. The number of hydrogen-bond donors (Lipinski definition) is 2. The van der Waals surface area contributed by atoms with E-state index in [1.54, 1.807) is 18.3 Å². The van der Waals surface area contributed by atoms with Crippen LogP contribution in [-0.2, 0) is 0 Å². The molecule has 1 amide bonds. The number of carbonyl (C=O) groups excluding carboxylic acids is 1. The number of carbonyl (C=O) groups is 1. The Morgan fingerprint density at radius 1 is 1.30 bits per heavy atom. The van der Waals surface area contributed by atoms with Gasteiger partial charge in [-0.3, -0.25) is 4.79 Å². The summed E-state index contributed by atoms with van der Waals surface area (Å²) in [5, 5.41) is 4.06. The van der Waals surface area contributed by atoms with E-state index in [9.17, 15) is 4.79 Å². The van der Waals surface area contributed by atoms with E-state index in [2.05, 4.69) is 10.3 Å².